The summed E-state index contributed by atoms with van der Waals surface area (Å²) in [6, 6.07) is 3.21. The van der Waals surface area contributed by atoms with E-state index in [2.05, 4.69) is 10.3 Å². The zero-order chi connectivity index (χ0) is 13.9. The van der Waals surface area contributed by atoms with Crippen LogP contribution in [0.2, 0.25) is 0 Å². The Morgan fingerprint density at radius 3 is 2.63 bits per heavy atom. The van der Waals surface area contributed by atoms with Gasteiger partial charge < -0.3 is 5.32 Å². The van der Waals surface area contributed by atoms with Gasteiger partial charge in [0, 0.05) is 18.3 Å². The van der Waals surface area contributed by atoms with E-state index in [4.69, 9.17) is 11.6 Å². The zero-order valence-electron chi connectivity index (χ0n) is 11.0. The molecule has 1 saturated carbocycles. The molecule has 0 saturated heterocycles. The van der Waals surface area contributed by atoms with E-state index in [1.807, 2.05) is 0 Å². The van der Waals surface area contributed by atoms with Crippen molar-refractivity contribution in [2.75, 3.05) is 17.5 Å². The standard InChI is InChI=1S/C13H19ClN2O2S/c1-19(17,18)11-6-5-9-15-12(11)16-13(10-14)7-3-2-4-8-13/h5-6,9H,2-4,7-8,10H2,1H3,(H,15,16). The summed E-state index contributed by atoms with van der Waals surface area (Å²) < 4.78 is 23.6. The van der Waals surface area contributed by atoms with Gasteiger partial charge in [-0.1, -0.05) is 19.3 Å². The summed E-state index contributed by atoms with van der Waals surface area (Å²) in [4.78, 5) is 4.42. The maximum absolute atomic E-state index is 11.8. The Bertz CT molecular complexity index is 539. The number of alkyl halides is 1. The normalized spacial score (nSPS) is 19.1. The molecule has 6 heteroatoms. The number of nitrogens with one attached hydrogen (secondary N) is 1. The van der Waals surface area contributed by atoms with Gasteiger partial charge in [0.15, 0.2) is 9.84 Å². The highest BCUT2D eigenvalue weighted by Crippen LogP contribution is 2.33. The molecule has 19 heavy (non-hydrogen) atoms. The number of halogens is 1. The maximum Gasteiger partial charge on any atom is 0.179 e. The van der Waals surface area contributed by atoms with Crippen LogP contribution in [0, 0.1) is 0 Å². The molecule has 1 heterocycles. The van der Waals surface area contributed by atoms with Crippen molar-refractivity contribution in [3.8, 4) is 0 Å². The number of anilines is 1. The van der Waals surface area contributed by atoms with Gasteiger partial charge in [0.1, 0.15) is 10.7 Å². The Hall–Kier alpha value is -0.810. The highest BCUT2D eigenvalue weighted by Gasteiger charge is 2.32. The Morgan fingerprint density at radius 2 is 2.05 bits per heavy atom. The van der Waals surface area contributed by atoms with Gasteiger partial charge in [0.05, 0.1) is 5.54 Å². The highest BCUT2D eigenvalue weighted by molar-refractivity contribution is 7.90. The summed E-state index contributed by atoms with van der Waals surface area (Å²) in [5, 5.41) is 3.30. The van der Waals surface area contributed by atoms with E-state index >= 15 is 0 Å². The molecule has 0 aromatic carbocycles. The number of pyridine rings is 1. The number of nitrogens with zero attached hydrogens (tertiary/aromatic N) is 1. The van der Waals surface area contributed by atoms with Gasteiger partial charge in [-0.2, -0.15) is 0 Å². The molecule has 0 atom stereocenters. The Balaban J connectivity index is 2.32. The first-order valence-electron chi connectivity index (χ1n) is 6.46. The summed E-state index contributed by atoms with van der Waals surface area (Å²) in [6.45, 7) is 0. The fourth-order valence-corrected chi connectivity index (χ4v) is 3.67. The summed E-state index contributed by atoms with van der Waals surface area (Å²) >= 11 is 6.11. The van der Waals surface area contributed by atoms with Crippen LogP contribution >= 0.6 is 11.6 Å². The van der Waals surface area contributed by atoms with E-state index in [1.54, 1.807) is 18.3 Å². The van der Waals surface area contributed by atoms with Gasteiger partial charge in [-0.25, -0.2) is 13.4 Å². The number of aromatic nitrogens is 1. The fraction of sp³-hybridized carbons (Fsp3) is 0.615. The number of hydrogen-bond acceptors (Lipinski definition) is 4. The second kappa shape index (κ2) is 5.67. The molecule has 1 aromatic heterocycles. The van der Waals surface area contributed by atoms with Gasteiger partial charge in [0.2, 0.25) is 0 Å². The van der Waals surface area contributed by atoms with Gasteiger partial charge in [-0.15, -0.1) is 11.6 Å². The van der Waals surface area contributed by atoms with Crippen molar-refractivity contribution in [2.45, 2.75) is 42.5 Å². The van der Waals surface area contributed by atoms with Crippen molar-refractivity contribution in [1.29, 1.82) is 0 Å². The quantitative estimate of drug-likeness (QED) is 0.869. The van der Waals surface area contributed by atoms with Crippen LogP contribution in [-0.4, -0.2) is 31.1 Å². The molecule has 1 aliphatic carbocycles. The molecule has 0 bridgehead atoms. The average molecular weight is 303 g/mol. The molecule has 0 spiro atoms. The van der Waals surface area contributed by atoms with Crippen LogP contribution in [0.1, 0.15) is 32.1 Å². The molecule has 1 N–H and O–H groups in total. The summed E-state index contributed by atoms with van der Waals surface area (Å²) in [5.41, 5.74) is -0.229. The number of hydrogen-bond donors (Lipinski definition) is 1. The highest BCUT2D eigenvalue weighted by atomic mass is 35.5. The van der Waals surface area contributed by atoms with Crippen LogP contribution in [0.4, 0.5) is 5.82 Å². The lowest BCUT2D eigenvalue weighted by Crippen LogP contribution is -2.42. The predicted octanol–water partition coefficient (Wildman–Crippen LogP) is 2.84. The minimum atomic E-state index is -3.29. The van der Waals surface area contributed by atoms with Gasteiger partial charge in [-0.3, -0.25) is 0 Å². The first kappa shape index (κ1) is 14.6. The second-order valence-electron chi connectivity index (χ2n) is 5.22. The molecule has 1 fully saturated rings. The largest absolute Gasteiger partial charge is 0.362 e. The maximum atomic E-state index is 11.8. The van der Waals surface area contributed by atoms with E-state index in [-0.39, 0.29) is 10.4 Å². The third kappa shape index (κ3) is 3.39. The lowest BCUT2D eigenvalue weighted by atomic mass is 9.83. The molecular weight excluding hydrogens is 284 g/mol. The molecular formula is C13H19ClN2O2S. The summed E-state index contributed by atoms with van der Waals surface area (Å²) in [7, 11) is -3.29. The number of sulfone groups is 1. The SMILES string of the molecule is CS(=O)(=O)c1cccnc1NC1(CCl)CCCCC1. The third-order valence-electron chi connectivity index (χ3n) is 3.62. The first-order valence-corrected chi connectivity index (χ1v) is 8.89. The van der Waals surface area contributed by atoms with Crippen molar-refractivity contribution >= 4 is 27.3 Å². The average Bonchev–Trinajstić information content (AvgIpc) is 2.39. The lowest BCUT2D eigenvalue weighted by Gasteiger charge is -2.37. The van der Waals surface area contributed by atoms with Crippen molar-refractivity contribution in [1.82, 2.24) is 4.98 Å². The Labute approximate surface area is 119 Å². The van der Waals surface area contributed by atoms with E-state index in [0.29, 0.717) is 11.7 Å². The minimum absolute atomic E-state index is 0.229. The predicted molar refractivity (Wildman–Crippen MR) is 77.5 cm³/mol. The lowest BCUT2D eigenvalue weighted by molar-refractivity contribution is 0.352. The van der Waals surface area contributed by atoms with E-state index in [1.165, 1.54) is 12.7 Å². The van der Waals surface area contributed by atoms with Crippen molar-refractivity contribution in [3.05, 3.63) is 18.3 Å². The summed E-state index contributed by atoms with van der Waals surface area (Å²) in [5.74, 6) is 0.889. The fourth-order valence-electron chi connectivity index (χ4n) is 2.56. The van der Waals surface area contributed by atoms with Gasteiger partial charge in [0.25, 0.3) is 0 Å². The molecule has 1 aromatic rings. The molecule has 106 valence electrons. The van der Waals surface area contributed by atoms with Crippen LogP contribution in [0.3, 0.4) is 0 Å². The molecule has 4 nitrogen and oxygen atoms in total. The molecule has 0 radical (unpaired) electrons. The van der Waals surface area contributed by atoms with Crippen LogP contribution in [0.15, 0.2) is 23.2 Å². The number of rotatable bonds is 4. The first-order chi connectivity index (χ1) is 8.97. The molecule has 0 amide bonds. The van der Waals surface area contributed by atoms with Crippen molar-refractivity contribution in [3.63, 3.8) is 0 Å². The third-order valence-corrected chi connectivity index (χ3v) is 5.26. The van der Waals surface area contributed by atoms with E-state index in [9.17, 15) is 8.42 Å². The summed E-state index contributed by atoms with van der Waals surface area (Å²) in [6.07, 6.45) is 8.14. The molecule has 2 rings (SSSR count). The van der Waals surface area contributed by atoms with Crippen molar-refractivity contribution < 1.29 is 8.42 Å². The van der Waals surface area contributed by atoms with Gasteiger partial charge in [-0.05, 0) is 25.0 Å². The van der Waals surface area contributed by atoms with Crippen LogP contribution in [0.25, 0.3) is 0 Å². The van der Waals surface area contributed by atoms with E-state index in [0.717, 1.165) is 25.7 Å². The second-order valence-corrected chi connectivity index (χ2v) is 7.47. The Kier molecular flexibility index (Phi) is 4.36. The zero-order valence-corrected chi connectivity index (χ0v) is 12.6. The van der Waals surface area contributed by atoms with E-state index < -0.39 is 9.84 Å². The monoisotopic (exact) mass is 302 g/mol. The molecule has 0 aliphatic heterocycles. The topological polar surface area (TPSA) is 59.1 Å². The van der Waals surface area contributed by atoms with Crippen molar-refractivity contribution in [2.24, 2.45) is 0 Å². The minimum Gasteiger partial charge on any atom is -0.362 e. The van der Waals surface area contributed by atoms with Gasteiger partial charge >= 0.3 is 0 Å². The van der Waals surface area contributed by atoms with Crippen LogP contribution < -0.4 is 5.32 Å². The van der Waals surface area contributed by atoms with Crippen LogP contribution in [-0.2, 0) is 9.84 Å². The molecule has 1 aliphatic rings. The smallest absolute Gasteiger partial charge is 0.179 e. The Morgan fingerprint density at radius 1 is 1.37 bits per heavy atom. The van der Waals surface area contributed by atoms with Crippen LogP contribution in [0.5, 0.6) is 0 Å². The molecule has 0 unspecified atom stereocenters.